The zero-order valence-electron chi connectivity index (χ0n) is 23.5. The highest BCUT2D eigenvalue weighted by atomic mass is 35.5. The van der Waals surface area contributed by atoms with Gasteiger partial charge in [-0.2, -0.15) is 0 Å². The Morgan fingerprint density at radius 2 is 1.63 bits per heavy atom. The van der Waals surface area contributed by atoms with Crippen LogP contribution in [0.5, 0.6) is 11.5 Å². The van der Waals surface area contributed by atoms with Gasteiger partial charge in [-0.15, -0.1) is 0 Å². The van der Waals surface area contributed by atoms with Crippen LogP contribution >= 0.6 is 11.6 Å². The van der Waals surface area contributed by atoms with E-state index in [2.05, 4.69) is 5.32 Å². The molecule has 11 heteroatoms. The lowest BCUT2D eigenvalue weighted by molar-refractivity contribution is -0.140. The van der Waals surface area contributed by atoms with Crippen LogP contribution in [0.2, 0.25) is 5.02 Å². The lowest BCUT2D eigenvalue weighted by atomic mass is 10.1. The van der Waals surface area contributed by atoms with Gasteiger partial charge in [-0.25, -0.2) is 8.42 Å². The van der Waals surface area contributed by atoms with Gasteiger partial charge < -0.3 is 19.7 Å². The maximum Gasteiger partial charge on any atom is 0.264 e. The molecule has 2 amide bonds. The summed E-state index contributed by atoms with van der Waals surface area (Å²) in [6.07, 6.45) is 0. The summed E-state index contributed by atoms with van der Waals surface area (Å²) in [6, 6.07) is 18.6. The first-order chi connectivity index (χ1) is 19.3. The number of sulfonamides is 1. The smallest absolute Gasteiger partial charge is 0.264 e. The SMILES string of the molecule is C[C@@H](C(=O)NC(C)(C)C)N(Cc1cccc(Cl)c1)C(=O)CN(c1ccc2c(c1)OCCO2)S(=O)(=O)c1ccccc1. The highest BCUT2D eigenvalue weighted by molar-refractivity contribution is 7.92. The van der Waals surface area contributed by atoms with Crippen molar-refractivity contribution in [1.29, 1.82) is 0 Å². The summed E-state index contributed by atoms with van der Waals surface area (Å²) in [7, 11) is -4.20. The molecule has 1 aliphatic heterocycles. The number of halogens is 1. The number of anilines is 1. The molecule has 0 unspecified atom stereocenters. The van der Waals surface area contributed by atoms with Crippen molar-refractivity contribution in [3.05, 3.63) is 83.4 Å². The Bertz CT molecular complexity index is 1510. The lowest BCUT2D eigenvalue weighted by Crippen LogP contribution is -2.54. The second kappa shape index (κ2) is 12.4. The fraction of sp³-hybridized carbons (Fsp3) is 0.333. The summed E-state index contributed by atoms with van der Waals surface area (Å²) in [5.41, 5.74) is 0.378. The van der Waals surface area contributed by atoms with Crippen LogP contribution in [-0.4, -0.2) is 56.5 Å². The summed E-state index contributed by atoms with van der Waals surface area (Å²) in [4.78, 5) is 28.6. The van der Waals surface area contributed by atoms with E-state index >= 15 is 0 Å². The summed E-state index contributed by atoms with van der Waals surface area (Å²) in [5, 5.41) is 3.38. The maximum atomic E-state index is 14.0. The minimum Gasteiger partial charge on any atom is -0.486 e. The minimum absolute atomic E-state index is 0.0163. The van der Waals surface area contributed by atoms with Crippen LogP contribution < -0.4 is 19.1 Å². The van der Waals surface area contributed by atoms with Crippen molar-refractivity contribution in [1.82, 2.24) is 10.2 Å². The number of benzene rings is 3. The maximum absolute atomic E-state index is 14.0. The fourth-order valence-electron chi connectivity index (χ4n) is 4.32. The van der Waals surface area contributed by atoms with Gasteiger partial charge in [0.05, 0.1) is 10.6 Å². The summed E-state index contributed by atoms with van der Waals surface area (Å²) in [6.45, 7) is 7.32. The molecule has 0 spiro atoms. The quantitative estimate of drug-likeness (QED) is 0.384. The van der Waals surface area contributed by atoms with Crippen LogP contribution in [-0.2, 0) is 26.2 Å². The van der Waals surface area contributed by atoms with Crippen LogP contribution in [0.25, 0.3) is 0 Å². The van der Waals surface area contributed by atoms with Gasteiger partial charge in [0.1, 0.15) is 25.8 Å². The molecule has 218 valence electrons. The fourth-order valence-corrected chi connectivity index (χ4v) is 5.96. The highest BCUT2D eigenvalue weighted by Gasteiger charge is 2.34. The topological polar surface area (TPSA) is 105 Å². The van der Waals surface area contributed by atoms with Crippen LogP contribution in [0.3, 0.4) is 0 Å². The number of hydrogen-bond donors (Lipinski definition) is 1. The molecule has 0 aliphatic carbocycles. The zero-order valence-corrected chi connectivity index (χ0v) is 25.0. The van der Waals surface area contributed by atoms with Crippen molar-refractivity contribution in [3.63, 3.8) is 0 Å². The molecule has 0 fully saturated rings. The molecule has 0 saturated carbocycles. The van der Waals surface area contributed by atoms with E-state index in [4.69, 9.17) is 21.1 Å². The number of rotatable bonds is 9. The van der Waals surface area contributed by atoms with Crippen molar-refractivity contribution in [2.24, 2.45) is 0 Å². The normalized spacial score (nSPS) is 13.7. The van der Waals surface area contributed by atoms with Gasteiger partial charge in [0.2, 0.25) is 11.8 Å². The molecule has 0 bridgehead atoms. The van der Waals surface area contributed by atoms with Gasteiger partial charge >= 0.3 is 0 Å². The third-order valence-corrected chi connectivity index (χ3v) is 8.35. The zero-order chi connectivity index (χ0) is 29.8. The number of ether oxygens (including phenoxy) is 2. The molecule has 3 aromatic rings. The summed E-state index contributed by atoms with van der Waals surface area (Å²) < 4.78 is 40.2. The molecule has 1 N–H and O–H groups in total. The summed E-state index contributed by atoms with van der Waals surface area (Å²) in [5.74, 6) is -0.0813. The van der Waals surface area contributed by atoms with Gasteiger partial charge in [-0.3, -0.25) is 13.9 Å². The molecule has 41 heavy (non-hydrogen) atoms. The van der Waals surface area contributed by atoms with Crippen molar-refractivity contribution in [2.75, 3.05) is 24.1 Å². The molecular formula is C30H34ClN3O6S. The first-order valence-electron chi connectivity index (χ1n) is 13.2. The molecule has 1 atom stereocenters. The van der Waals surface area contributed by atoms with Crippen LogP contribution in [0.1, 0.15) is 33.3 Å². The first kappa shape index (κ1) is 30.2. The Morgan fingerprint density at radius 3 is 2.29 bits per heavy atom. The molecule has 0 saturated heterocycles. The molecule has 3 aromatic carbocycles. The predicted molar refractivity (Wildman–Crippen MR) is 158 cm³/mol. The van der Waals surface area contributed by atoms with Crippen LogP contribution in [0.4, 0.5) is 5.69 Å². The molecule has 4 rings (SSSR count). The molecular weight excluding hydrogens is 566 g/mol. The average molecular weight is 600 g/mol. The molecule has 1 heterocycles. The van der Waals surface area contributed by atoms with E-state index in [1.807, 2.05) is 20.8 Å². The van der Waals surface area contributed by atoms with Crippen molar-refractivity contribution in [2.45, 2.75) is 50.7 Å². The average Bonchev–Trinajstić information content (AvgIpc) is 2.93. The van der Waals surface area contributed by atoms with E-state index in [0.29, 0.717) is 35.3 Å². The lowest BCUT2D eigenvalue weighted by Gasteiger charge is -2.33. The van der Waals surface area contributed by atoms with E-state index in [-0.39, 0.29) is 23.0 Å². The Hall–Kier alpha value is -3.76. The number of carbonyl (C=O) groups excluding carboxylic acids is 2. The molecule has 0 aromatic heterocycles. The Balaban J connectivity index is 1.74. The van der Waals surface area contributed by atoms with E-state index in [9.17, 15) is 18.0 Å². The number of nitrogens with one attached hydrogen (secondary N) is 1. The van der Waals surface area contributed by atoms with E-state index in [1.165, 1.54) is 17.0 Å². The van der Waals surface area contributed by atoms with Crippen LogP contribution in [0, 0.1) is 0 Å². The van der Waals surface area contributed by atoms with E-state index in [0.717, 1.165) is 4.31 Å². The van der Waals surface area contributed by atoms with Crippen molar-refractivity contribution < 1.29 is 27.5 Å². The predicted octanol–water partition coefficient (Wildman–Crippen LogP) is 4.64. The number of fused-ring (bicyclic) bond motifs is 1. The minimum atomic E-state index is -4.20. The van der Waals surface area contributed by atoms with Gasteiger partial charge in [0.25, 0.3) is 10.0 Å². The largest absolute Gasteiger partial charge is 0.486 e. The number of carbonyl (C=O) groups is 2. The summed E-state index contributed by atoms with van der Waals surface area (Å²) >= 11 is 6.19. The van der Waals surface area contributed by atoms with Crippen molar-refractivity contribution in [3.8, 4) is 11.5 Å². The molecule has 1 aliphatic rings. The van der Waals surface area contributed by atoms with Crippen molar-refractivity contribution >= 4 is 39.1 Å². The Labute approximate surface area is 246 Å². The monoisotopic (exact) mass is 599 g/mol. The van der Waals surface area contributed by atoms with Crippen LogP contribution in [0.15, 0.2) is 77.7 Å². The van der Waals surface area contributed by atoms with Gasteiger partial charge in [-0.1, -0.05) is 41.9 Å². The number of nitrogens with zero attached hydrogens (tertiary/aromatic N) is 2. The number of hydrogen-bond acceptors (Lipinski definition) is 6. The molecule has 9 nitrogen and oxygen atoms in total. The highest BCUT2D eigenvalue weighted by Crippen LogP contribution is 2.36. The first-order valence-corrected chi connectivity index (χ1v) is 15.0. The van der Waals surface area contributed by atoms with E-state index < -0.39 is 34.1 Å². The van der Waals surface area contributed by atoms with E-state index in [1.54, 1.807) is 67.6 Å². The second-order valence-corrected chi connectivity index (χ2v) is 13.0. The van der Waals surface area contributed by atoms with Gasteiger partial charge in [0, 0.05) is 23.2 Å². The number of amides is 2. The van der Waals surface area contributed by atoms with Gasteiger partial charge in [0.15, 0.2) is 11.5 Å². The Morgan fingerprint density at radius 1 is 0.951 bits per heavy atom. The van der Waals surface area contributed by atoms with Gasteiger partial charge in [-0.05, 0) is 69.7 Å². The Kier molecular flexibility index (Phi) is 9.14. The second-order valence-electron chi connectivity index (χ2n) is 10.7. The third kappa shape index (κ3) is 7.51. The standard InChI is InChI=1S/C30H34ClN3O6S/c1-21(29(36)32-30(2,3)4)33(19-22-9-8-10-23(31)17-22)28(35)20-34(41(37,38)25-11-6-5-7-12-25)24-13-14-26-27(18-24)40-16-15-39-26/h5-14,17-18,21H,15-16,19-20H2,1-4H3,(H,32,36)/t21-/m0/s1. The third-order valence-electron chi connectivity index (χ3n) is 6.33. The molecule has 0 radical (unpaired) electrons.